The van der Waals surface area contributed by atoms with Crippen molar-refractivity contribution in [1.82, 2.24) is 4.90 Å². The number of benzene rings is 1. The maximum absolute atomic E-state index is 6.16. The molecule has 0 fully saturated rings. The van der Waals surface area contributed by atoms with Gasteiger partial charge in [-0.25, -0.2) is 4.99 Å². The molecule has 6 heteroatoms. The van der Waals surface area contributed by atoms with E-state index in [2.05, 4.69) is 9.98 Å². The van der Waals surface area contributed by atoms with E-state index in [1.165, 1.54) is 0 Å². The Morgan fingerprint density at radius 1 is 1.22 bits per heavy atom. The van der Waals surface area contributed by atoms with E-state index in [9.17, 15) is 0 Å². The monoisotopic (exact) mass is 299 g/mol. The zero-order valence-corrected chi connectivity index (χ0v) is 11.4. The van der Waals surface area contributed by atoms with E-state index >= 15 is 0 Å². The summed E-state index contributed by atoms with van der Waals surface area (Å²) in [5.41, 5.74) is 1.30. The fourth-order valence-electron chi connectivity index (χ4n) is 1.89. The number of aliphatic imine (C=N–C) groups is 2. The first-order chi connectivity index (χ1) is 8.66. The van der Waals surface area contributed by atoms with Gasteiger partial charge in [-0.2, -0.15) is 0 Å². The van der Waals surface area contributed by atoms with Crippen LogP contribution in [0.15, 0.2) is 40.5 Å². The minimum Gasteiger partial charge on any atom is -0.310 e. The zero-order valence-electron chi connectivity index (χ0n) is 9.15. The normalized spacial score (nSPS) is 22.3. The number of hydrogen-bond donors (Lipinski definition) is 0. The van der Waals surface area contributed by atoms with Crippen LogP contribution in [0.5, 0.6) is 0 Å². The van der Waals surface area contributed by atoms with Crippen LogP contribution in [0.4, 0.5) is 0 Å². The summed E-state index contributed by atoms with van der Waals surface area (Å²) in [5, 5.41) is 0.971. The highest BCUT2D eigenvalue weighted by molar-refractivity contribution is 6.84. The highest BCUT2D eigenvalue weighted by Crippen LogP contribution is 2.31. The molecule has 0 radical (unpaired) electrons. The Morgan fingerprint density at radius 3 is 2.78 bits per heavy atom. The van der Waals surface area contributed by atoms with Crippen LogP contribution in [-0.4, -0.2) is 28.0 Å². The molecule has 0 amide bonds. The van der Waals surface area contributed by atoms with Crippen LogP contribution in [0.2, 0.25) is 5.02 Å². The Balaban J connectivity index is 2.07. The summed E-state index contributed by atoms with van der Waals surface area (Å²) in [6.07, 6.45) is 1.83. The van der Waals surface area contributed by atoms with Crippen LogP contribution in [0.25, 0.3) is 5.70 Å². The van der Waals surface area contributed by atoms with Crippen molar-refractivity contribution in [2.45, 2.75) is 5.50 Å². The minimum absolute atomic E-state index is 0.221. The van der Waals surface area contributed by atoms with Crippen LogP contribution in [-0.2, 0) is 0 Å². The van der Waals surface area contributed by atoms with E-state index in [-0.39, 0.29) is 5.50 Å². The molecule has 1 aromatic rings. The standard InChI is InChI=1S/C12H8Cl3N3/c13-8-4-2-1-3-7(8)9-6-18-10(14)5-16-12(18)11(15)17-9/h1-4,6,10H,5H2. The lowest BCUT2D eigenvalue weighted by atomic mass is 10.1. The van der Waals surface area contributed by atoms with Gasteiger partial charge in [-0.05, 0) is 6.07 Å². The first-order valence-electron chi connectivity index (χ1n) is 5.35. The second-order valence-electron chi connectivity index (χ2n) is 3.90. The zero-order chi connectivity index (χ0) is 12.7. The topological polar surface area (TPSA) is 28.0 Å². The van der Waals surface area contributed by atoms with E-state index in [0.29, 0.717) is 28.3 Å². The van der Waals surface area contributed by atoms with Crippen molar-refractivity contribution in [3.63, 3.8) is 0 Å². The van der Waals surface area contributed by atoms with Crippen molar-refractivity contribution in [3.8, 4) is 0 Å². The van der Waals surface area contributed by atoms with E-state index < -0.39 is 0 Å². The van der Waals surface area contributed by atoms with E-state index in [1.807, 2.05) is 35.4 Å². The minimum atomic E-state index is -0.221. The fraction of sp³-hybridized carbons (Fsp3) is 0.167. The molecule has 92 valence electrons. The van der Waals surface area contributed by atoms with Crippen LogP contribution in [0.3, 0.4) is 0 Å². The van der Waals surface area contributed by atoms with Gasteiger partial charge in [0.05, 0.1) is 17.3 Å². The Kier molecular flexibility index (Phi) is 3.06. The number of alkyl halides is 1. The van der Waals surface area contributed by atoms with Crippen molar-refractivity contribution in [3.05, 3.63) is 41.1 Å². The van der Waals surface area contributed by atoms with E-state index in [4.69, 9.17) is 34.8 Å². The summed E-state index contributed by atoms with van der Waals surface area (Å²) in [4.78, 5) is 10.4. The van der Waals surface area contributed by atoms with Gasteiger partial charge in [0.1, 0.15) is 5.50 Å². The molecule has 1 atom stereocenters. The van der Waals surface area contributed by atoms with Crippen LogP contribution >= 0.6 is 34.8 Å². The molecule has 0 aliphatic carbocycles. The third-order valence-electron chi connectivity index (χ3n) is 2.75. The van der Waals surface area contributed by atoms with Gasteiger partial charge >= 0.3 is 0 Å². The largest absolute Gasteiger partial charge is 0.310 e. The van der Waals surface area contributed by atoms with Gasteiger partial charge in [-0.1, -0.05) is 53.0 Å². The van der Waals surface area contributed by atoms with E-state index in [0.717, 1.165) is 5.56 Å². The van der Waals surface area contributed by atoms with Gasteiger partial charge in [-0.15, -0.1) is 0 Å². The number of nitrogens with zero attached hydrogens (tertiary/aromatic N) is 3. The number of rotatable bonds is 1. The maximum atomic E-state index is 6.16. The average Bonchev–Trinajstić information content (AvgIpc) is 2.72. The van der Waals surface area contributed by atoms with Gasteiger partial charge in [0.25, 0.3) is 0 Å². The molecule has 0 N–H and O–H groups in total. The van der Waals surface area contributed by atoms with Crippen LogP contribution in [0, 0.1) is 0 Å². The first-order valence-corrected chi connectivity index (χ1v) is 6.54. The third-order valence-corrected chi connectivity index (χ3v) is 3.68. The average molecular weight is 301 g/mol. The van der Waals surface area contributed by atoms with Gasteiger partial charge in [-0.3, -0.25) is 4.99 Å². The van der Waals surface area contributed by atoms with Crippen molar-refractivity contribution in [2.75, 3.05) is 6.54 Å². The molecule has 0 saturated heterocycles. The Morgan fingerprint density at radius 2 is 2.00 bits per heavy atom. The summed E-state index contributed by atoms with van der Waals surface area (Å²) < 4.78 is 0. The molecule has 0 saturated carbocycles. The molecule has 0 aromatic heterocycles. The molecular formula is C12H8Cl3N3. The highest BCUT2D eigenvalue weighted by Gasteiger charge is 2.31. The van der Waals surface area contributed by atoms with Gasteiger partial charge in [0.15, 0.2) is 11.0 Å². The lowest BCUT2D eigenvalue weighted by molar-refractivity contribution is 0.564. The molecule has 0 bridgehead atoms. The Hall–Kier alpha value is -1.03. The molecule has 2 aliphatic heterocycles. The lowest BCUT2D eigenvalue weighted by Crippen LogP contribution is -2.33. The number of hydrogen-bond acceptors (Lipinski definition) is 3. The van der Waals surface area contributed by atoms with Crippen molar-refractivity contribution in [2.24, 2.45) is 9.98 Å². The second-order valence-corrected chi connectivity index (χ2v) is 5.17. The first kappa shape index (κ1) is 12.0. The summed E-state index contributed by atoms with van der Waals surface area (Å²) >= 11 is 18.4. The summed E-state index contributed by atoms with van der Waals surface area (Å²) in [6, 6.07) is 7.47. The third kappa shape index (κ3) is 1.92. The Labute approximate surface area is 119 Å². The molecule has 2 heterocycles. The summed E-state index contributed by atoms with van der Waals surface area (Å²) in [5.74, 6) is 0.618. The summed E-state index contributed by atoms with van der Waals surface area (Å²) in [6.45, 7) is 0.509. The predicted octanol–water partition coefficient (Wildman–Crippen LogP) is 3.57. The molecule has 0 spiro atoms. The van der Waals surface area contributed by atoms with Crippen molar-refractivity contribution < 1.29 is 0 Å². The lowest BCUT2D eigenvalue weighted by Gasteiger charge is -2.23. The predicted molar refractivity (Wildman–Crippen MR) is 76.5 cm³/mol. The molecule has 1 aromatic carbocycles. The molecule has 2 aliphatic rings. The quantitative estimate of drug-likeness (QED) is 0.575. The highest BCUT2D eigenvalue weighted by atomic mass is 35.5. The SMILES string of the molecule is ClC1=NC(c2ccccc2Cl)=CN2C1=NCC2Cl. The Bertz CT molecular complexity index is 592. The summed E-state index contributed by atoms with van der Waals surface area (Å²) in [7, 11) is 0. The molecule has 18 heavy (non-hydrogen) atoms. The van der Waals surface area contributed by atoms with Gasteiger partial charge in [0, 0.05) is 11.8 Å². The smallest absolute Gasteiger partial charge is 0.172 e. The second kappa shape index (κ2) is 4.57. The molecule has 3 rings (SSSR count). The van der Waals surface area contributed by atoms with Crippen LogP contribution in [0.1, 0.15) is 5.56 Å². The van der Waals surface area contributed by atoms with Crippen molar-refractivity contribution in [1.29, 1.82) is 0 Å². The maximum Gasteiger partial charge on any atom is 0.172 e. The molecule has 3 nitrogen and oxygen atoms in total. The number of fused-ring (bicyclic) bond motifs is 1. The van der Waals surface area contributed by atoms with Crippen molar-refractivity contribution >= 4 is 51.5 Å². The van der Waals surface area contributed by atoms with Crippen LogP contribution < -0.4 is 0 Å². The van der Waals surface area contributed by atoms with Gasteiger partial charge in [0.2, 0.25) is 0 Å². The number of amidine groups is 1. The number of halogens is 3. The van der Waals surface area contributed by atoms with Gasteiger partial charge < -0.3 is 4.90 Å². The van der Waals surface area contributed by atoms with E-state index in [1.54, 1.807) is 0 Å². The fourth-order valence-corrected chi connectivity index (χ4v) is 2.59. The molecule has 1 unspecified atom stereocenters. The molecular weight excluding hydrogens is 293 g/mol.